The summed E-state index contributed by atoms with van der Waals surface area (Å²) in [6.07, 6.45) is 1.29. The summed E-state index contributed by atoms with van der Waals surface area (Å²) in [7, 11) is 0. The van der Waals surface area contributed by atoms with Gasteiger partial charge in [-0.3, -0.25) is 9.59 Å². The van der Waals surface area contributed by atoms with Gasteiger partial charge in [-0.25, -0.2) is 0 Å². The number of aromatic nitrogens is 4. The van der Waals surface area contributed by atoms with Crippen molar-refractivity contribution in [2.75, 3.05) is 0 Å². The Morgan fingerprint density at radius 3 is 2.38 bits per heavy atom. The lowest BCUT2D eigenvalue weighted by Gasteiger charge is -2.17. The lowest BCUT2D eigenvalue weighted by atomic mass is 10.0. The van der Waals surface area contributed by atoms with E-state index in [2.05, 4.69) is 15.4 Å². The largest absolute Gasteiger partial charge is 0.352 e. The van der Waals surface area contributed by atoms with Gasteiger partial charge >= 0.3 is 0 Å². The summed E-state index contributed by atoms with van der Waals surface area (Å²) < 4.78 is 3.11. The van der Waals surface area contributed by atoms with Gasteiger partial charge in [0.05, 0.1) is 0 Å². The van der Waals surface area contributed by atoms with Gasteiger partial charge in [-0.2, -0.15) is 9.50 Å². The van der Waals surface area contributed by atoms with Gasteiger partial charge in [-0.1, -0.05) is 67.6 Å². The molecule has 32 heavy (non-hydrogen) atoms. The molecule has 1 atom stereocenters. The molecule has 0 saturated carbocycles. The first kappa shape index (κ1) is 21.5. The van der Waals surface area contributed by atoms with E-state index >= 15 is 0 Å². The standard InChI is InChI=1S/C25H27N5O2/c1-4-17(2)26-22(31)16-29-18(3)21(15-19-11-7-5-8-12-19)24(32)30-25(29)27-23(28-30)20-13-9-6-10-14-20/h5-14,17H,4,15-16H2,1-3H3,(H,26,31)/t17-/m0/s1. The quantitative estimate of drug-likeness (QED) is 0.488. The van der Waals surface area contributed by atoms with E-state index in [1.54, 1.807) is 4.57 Å². The van der Waals surface area contributed by atoms with Crippen molar-refractivity contribution in [2.24, 2.45) is 0 Å². The topological polar surface area (TPSA) is 81.3 Å². The maximum atomic E-state index is 13.4. The fraction of sp³-hybridized carbons (Fsp3) is 0.280. The molecule has 4 aromatic rings. The van der Waals surface area contributed by atoms with E-state index in [4.69, 9.17) is 0 Å². The van der Waals surface area contributed by atoms with E-state index in [1.165, 1.54) is 4.52 Å². The van der Waals surface area contributed by atoms with Crippen LogP contribution in [0.1, 0.15) is 37.1 Å². The number of carbonyl (C=O) groups is 1. The van der Waals surface area contributed by atoms with Gasteiger partial charge in [-0.15, -0.1) is 5.10 Å². The second-order valence-corrected chi connectivity index (χ2v) is 8.01. The van der Waals surface area contributed by atoms with Gasteiger partial charge < -0.3 is 9.88 Å². The van der Waals surface area contributed by atoms with E-state index in [9.17, 15) is 9.59 Å². The number of fused-ring (bicyclic) bond motifs is 1. The Balaban J connectivity index is 1.86. The molecule has 1 N–H and O–H groups in total. The normalized spacial score (nSPS) is 12.1. The molecule has 0 saturated heterocycles. The minimum Gasteiger partial charge on any atom is -0.352 e. The van der Waals surface area contributed by atoms with Crippen LogP contribution in [0.2, 0.25) is 0 Å². The minimum atomic E-state index is -0.213. The van der Waals surface area contributed by atoms with Crippen LogP contribution in [0, 0.1) is 6.92 Å². The predicted molar refractivity (Wildman–Crippen MR) is 125 cm³/mol. The number of nitrogens with zero attached hydrogens (tertiary/aromatic N) is 4. The molecule has 7 heteroatoms. The molecule has 0 radical (unpaired) electrons. The summed E-state index contributed by atoms with van der Waals surface area (Å²) in [6, 6.07) is 19.4. The molecule has 2 aromatic carbocycles. The van der Waals surface area contributed by atoms with Gasteiger partial charge in [0, 0.05) is 29.3 Å². The summed E-state index contributed by atoms with van der Waals surface area (Å²) >= 11 is 0. The number of carbonyl (C=O) groups excluding carboxylic acids is 1. The van der Waals surface area contributed by atoms with Crippen molar-refractivity contribution in [3.8, 4) is 11.4 Å². The number of hydrogen-bond acceptors (Lipinski definition) is 4. The highest BCUT2D eigenvalue weighted by atomic mass is 16.2. The molecule has 0 aliphatic carbocycles. The van der Waals surface area contributed by atoms with Gasteiger partial charge in [0.25, 0.3) is 5.56 Å². The maximum absolute atomic E-state index is 13.4. The summed E-state index contributed by atoms with van der Waals surface area (Å²) in [5.41, 5.74) is 2.94. The Labute approximate surface area is 186 Å². The average Bonchev–Trinajstić information content (AvgIpc) is 3.26. The molecular formula is C25H27N5O2. The van der Waals surface area contributed by atoms with Crippen LogP contribution < -0.4 is 10.9 Å². The van der Waals surface area contributed by atoms with Crippen LogP contribution in [0.4, 0.5) is 0 Å². The zero-order chi connectivity index (χ0) is 22.7. The van der Waals surface area contributed by atoms with Crippen LogP contribution in [0.25, 0.3) is 17.2 Å². The fourth-order valence-electron chi connectivity index (χ4n) is 3.68. The number of amides is 1. The fourth-order valence-corrected chi connectivity index (χ4v) is 3.68. The lowest BCUT2D eigenvalue weighted by Crippen LogP contribution is -2.36. The zero-order valence-corrected chi connectivity index (χ0v) is 18.6. The molecule has 2 heterocycles. The lowest BCUT2D eigenvalue weighted by molar-refractivity contribution is -0.122. The van der Waals surface area contributed by atoms with Crippen molar-refractivity contribution in [1.82, 2.24) is 24.5 Å². The highest BCUT2D eigenvalue weighted by Gasteiger charge is 2.20. The van der Waals surface area contributed by atoms with Crippen molar-refractivity contribution < 1.29 is 4.79 Å². The number of rotatable bonds is 7. The Morgan fingerprint density at radius 2 is 1.72 bits per heavy atom. The van der Waals surface area contributed by atoms with Gasteiger partial charge in [0.1, 0.15) is 6.54 Å². The van der Waals surface area contributed by atoms with Gasteiger partial charge in [0.15, 0.2) is 5.82 Å². The smallest absolute Gasteiger partial charge is 0.279 e. The van der Waals surface area contributed by atoms with Crippen molar-refractivity contribution >= 4 is 11.7 Å². The molecule has 7 nitrogen and oxygen atoms in total. The number of benzene rings is 2. The summed E-state index contributed by atoms with van der Waals surface area (Å²) in [5, 5.41) is 7.51. The SMILES string of the molecule is CC[C@H](C)NC(=O)Cn1c(C)c(Cc2ccccc2)c(=O)n2nc(-c3ccccc3)nc12. The van der Waals surface area contributed by atoms with Crippen LogP contribution in [-0.2, 0) is 17.8 Å². The molecule has 0 aliphatic heterocycles. The average molecular weight is 430 g/mol. The minimum absolute atomic E-state index is 0.0642. The van der Waals surface area contributed by atoms with Gasteiger partial charge in [0.2, 0.25) is 11.7 Å². The molecule has 2 aromatic heterocycles. The summed E-state index contributed by atoms with van der Waals surface area (Å²) in [6.45, 7) is 5.93. The zero-order valence-electron chi connectivity index (χ0n) is 18.6. The Bertz CT molecular complexity index is 1290. The molecule has 164 valence electrons. The van der Waals surface area contributed by atoms with Crippen LogP contribution in [0.15, 0.2) is 65.5 Å². The van der Waals surface area contributed by atoms with Crippen LogP contribution in [-0.4, -0.2) is 31.1 Å². The first-order chi connectivity index (χ1) is 15.5. The second kappa shape index (κ2) is 9.18. The van der Waals surface area contributed by atoms with Crippen LogP contribution >= 0.6 is 0 Å². The number of nitrogens with one attached hydrogen (secondary N) is 1. The molecule has 0 aliphatic rings. The van der Waals surface area contributed by atoms with Crippen LogP contribution in [0.3, 0.4) is 0 Å². The first-order valence-electron chi connectivity index (χ1n) is 10.9. The van der Waals surface area contributed by atoms with E-state index in [1.807, 2.05) is 81.4 Å². The highest BCUT2D eigenvalue weighted by Crippen LogP contribution is 2.18. The van der Waals surface area contributed by atoms with Crippen LogP contribution in [0.5, 0.6) is 0 Å². The third-order valence-corrected chi connectivity index (χ3v) is 5.70. The predicted octanol–water partition coefficient (Wildman–Crippen LogP) is 3.37. The van der Waals surface area contributed by atoms with Gasteiger partial charge in [-0.05, 0) is 25.8 Å². The summed E-state index contributed by atoms with van der Waals surface area (Å²) in [4.78, 5) is 30.8. The Morgan fingerprint density at radius 1 is 1.06 bits per heavy atom. The van der Waals surface area contributed by atoms with Crippen molar-refractivity contribution in [3.05, 3.63) is 87.8 Å². The third-order valence-electron chi connectivity index (χ3n) is 5.70. The molecule has 0 unspecified atom stereocenters. The van der Waals surface area contributed by atoms with Crippen molar-refractivity contribution in [1.29, 1.82) is 0 Å². The highest BCUT2D eigenvalue weighted by molar-refractivity contribution is 5.76. The molecular weight excluding hydrogens is 402 g/mol. The molecule has 1 amide bonds. The second-order valence-electron chi connectivity index (χ2n) is 8.01. The molecule has 0 bridgehead atoms. The first-order valence-corrected chi connectivity index (χ1v) is 10.9. The molecule has 4 rings (SSSR count). The molecule has 0 fully saturated rings. The monoisotopic (exact) mass is 429 g/mol. The summed E-state index contributed by atoms with van der Waals surface area (Å²) in [5.74, 6) is 0.695. The van der Waals surface area contributed by atoms with E-state index in [-0.39, 0.29) is 24.1 Å². The third kappa shape index (κ3) is 4.32. The van der Waals surface area contributed by atoms with Crippen molar-refractivity contribution in [2.45, 2.75) is 46.2 Å². The molecule has 0 spiro atoms. The van der Waals surface area contributed by atoms with E-state index in [0.29, 0.717) is 23.6 Å². The van der Waals surface area contributed by atoms with E-state index < -0.39 is 0 Å². The Hall–Kier alpha value is -3.74. The van der Waals surface area contributed by atoms with E-state index in [0.717, 1.165) is 23.2 Å². The Kier molecular flexibility index (Phi) is 6.16. The number of hydrogen-bond donors (Lipinski definition) is 1. The van der Waals surface area contributed by atoms with Crippen molar-refractivity contribution in [3.63, 3.8) is 0 Å². The maximum Gasteiger partial charge on any atom is 0.279 e.